The van der Waals surface area contributed by atoms with Crippen LogP contribution in [0.5, 0.6) is 0 Å². The van der Waals surface area contributed by atoms with E-state index in [1.807, 2.05) is 31.7 Å². The third-order valence-electron chi connectivity index (χ3n) is 3.80. The van der Waals surface area contributed by atoms with E-state index in [9.17, 15) is 0 Å². The van der Waals surface area contributed by atoms with Crippen molar-refractivity contribution >= 4 is 0 Å². The molecule has 0 amide bonds. The topological polar surface area (TPSA) is 42.7 Å². The van der Waals surface area contributed by atoms with Crippen molar-refractivity contribution in [2.45, 2.75) is 25.7 Å². The fourth-order valence-corrected chi connectivity index (χ4v) is 2.59. The van der Waals surface area contributed by atoms with E-state index >= 15 is 0 Å². The molecule has 2 aromatic rings. The second kappa shape index (κ2) is 4.21. The van der Waals surface area contributed by atoms with E-state index in [2.05, 4.69) is 32.8 Å². The smallest absolute Gasteiger partial charge is 0.0994 e. The highest BCUT2D eigenvalue weighted by molar-refractivity contribution is 5.34. The summed E-state index contributed by atoms with van der Waals surface area (Å²) < 4.78 is 2.15. The van der Waals surface area contributed by atoms with Crippen LogP contribution in [0.1, 0.15) is 24.7 Å². The van der Waals surface area contributed by atoms with Gasteiger partial charge in [-0.05, 0) is 32.0 Å². The van der Waals surface area contributed by atoms with Gasteiger partial charge in [0.25, 0.3) is 0 Å². The van der Waals surface area contributed by atoms with Crippen molar-refractivity contribution in [3.05, 3.63) is 42.2 Å². The average molecular weight is 242 g/mol. The van der Waals surface area contributed by atoms with Crippen molar-refractivity contribution in [1.82, 2.24) is 19.9 Å². The van der Waals surface area contributed by atoms with Crippen LogP contribution in [0.2, 0.25) is 0 Å². The standard InChI is InChI=1S/C14H18N4/c1-11-3-4-12(7-17-11)18-10-16-8-13(18)14(2)5-6-15-9-14/h3-4,7-8,10,15H,5-6,9H2,1-2H3. The molecule has 1 unspecified atom stereocenters. The lowest BCUT2D eigenvalue weighted by Gasteiger charge is -2.24. The molecule has 0 aliphatic carbocycles. The van der Waals surface area contributed by atoms with Crippen molar-refractivity contribution in [2.24, 2.45) is 0 Å². The van der Waals surface area contributed by atoms with Crippen molar-refractivity contribution in [3.63, 3.8) is 0 Å². The first-order valence-electron chi connectivity index (χ1n) is 6.36. The number of aromatic nitrogens is 3. The number of pyridine rings is 1. The summed E-state index contributed by atoms with van der Waals surface area (Å²) in [5.41, 5.74) is 3.55. The van der Waals surface area contributed by atoms with Gasteiger partial charge >= 0.3 is 0 Å². The van der Waals surface area contributed by atoms with E-state index in [0.717, 1.165) is 30.9 Å². The van der Waals surface area contributed by atoms with Gasteiger partial charge in [-0.2, -0.15) is 0 Å². The Hall–Kier alpha value is -1.68. The number of nitrogens with zero attached hydrogens (tertiary/aromatic N) is 3. The highest BCUT2D eigenvalue weighted by atomic mass is 15.1. The molecule has 0 saturated carbocycles. The number of hydrogen-bond donors (Lipinski definition) is 1. The third kappa shape index (κ3) is 1.82. The summed E-state index contributed by atoms with van der Waals surface area (Å²) in [6.45, 7) is 6.38. The van der Waals surface area contributed by atoms with Crippen molar-refractivity contribution in [2.75, 3.05) is 13.1 Å². The van der Waals surface area contributed by atoms with Crippen LogP contribution in [0.25, 0.3) is 5.69 Å². The van der Waals surface area contributed by atoms with Crippen LogP contribution in [0.3, 0.4) is 0 Å². The minimum Gasteiger partial charge on any atom is -0.316 e. The van der Waals surface area contributed by atoms with Crippen molar-refractivity contribution in [3.8, 4) is 5.69 Å². The van der Waals surface area contributed by atoms with Crippen LogP contribution in [0.4, 0.5) is 0 Å². The SMILES string of the molecule is Cc1ccc(-n2cncc2C2(C)CCNC2)cn1. The summed E-state index contributed by atoms with van der Waals surface area (Å²) in [5, 5.41) is 3.43. The lowest BCUT2D eigenvalue weighted by Crippen LogP contribution is -2.27. The summed E-state index contributed by atoms with van der Waals surface area (Å²) in [6.07, 6.45) is 6.92. The largest absolute Gasteiger partial charge is 0.316 e. The van der Waals surface area contributed by atoms with Crippen LogP contribution in [-0.2, 0) is 5.41 Å². The highest BCUT2D eigenvalue weighted by Gasteiger charge is 2.33. The number of aryl methyl sites for hydroxylation is 1. The molecular weight excluding hydrogens is 224 g/mol. The molecule has 1 fully saturated rings. The molecule has 0 bridgehead atoms. The summed E-state index contributed by atoms with van der Waals surface area (Å²) >= 11 is 0. The Morgan fingerprint density at radius 3 is 2.89 bits per heavy atom. The quantitative estimate of drug-likeness (QED) is 0.873. The van der Waals surface area contributed by atoms with Gasteiger partial charge in [0.15, 0.2) is 0 Å². The van der Waals surface area contributed by atoms with Crippen LogP contribution in [0, 0.1) is 6.92 Å². The van der Waals surface area contributed by atoms with Gasteiger partial charge in [0.2, 0.25) is 0 Å². The Morgan fingerprint density at radius 1 is 1.33 bits per heavy atom. The molecule has 0 spiro atoms. The van der Waals surface area contributed by atoms with Gasteiger partial charge < -0.3 is 9.88 Å². The van der Waals surface area contributed by atoms with Gasteiger partial charge in [-0.3, -0.25) is 4.98 Å². The first-order chi connectivity index (χ1) is 8.69. The molecule has 2 aromatic heterocycles. The number of imidazole rings is 1. The van der Waals surface area contributed by atoms with Gasteiger partial charge in [-0.25, -0.2) is 4.98 Å². The minimum absolute atomic E-state index is 0.168. The number of hydrogen-bond acceptors (Lipinski definition) is 3. The van der Waals surface area contributed by atoms with Gasteiger partial charge in [0.05, 0.1) is 18.2 Å². The summed E-state index contributed by atoms with van der Waals surface area (Å²) in [5.74, 6) is 0. The lowest BCUT2D eigenvalue weighted by molar-refractivity contribution is 0.498. The molecule has 1 aliphatic rings. The number of rotatable bonds is 2. The van der Waals surface area contributed by atoms with E-state index in [0.29, 0.717) is 0 Å². The van der Waals surface area contributed by atoms with Crippen LogP contribution < -0.4 is 5.32 Å². The Bertz CT molecular complexity index is 535. The molecule has 1 N–H and O–H groups in total. The fourth-order valence-electron chi connectivity index (χ4n) is 2.59. The monoisotopic (exact) mass is 242 g/mol. The van der Waals surface area contributed by atoms with Gasteiger partial charge in [0, 0.05) is 29.5 Å². The molecule has 4 nitrogen and oxygen atoms in total. The second-order valence-electron chi connectivity index (χ2n) is 5.29. The zero-order valence-corrected chi connectivity index (χ0v) is 10.8. The molecule has 1 aliphatic heterocycles. The molecule has 1 saturated heterocycles. The van der Waals surface area contributed by atoms with Gasteiger partial charge in [-0.1, -0.05) is 6.92 Å². The Morgan fingerprint density at radius 2 is 2.22 bits per heavy atom. The van der Waals surface area contributed by atoms with Crippen LogP contribution in [-0.4, -0.2) is 27.6 Å². The average Bonchev–Trinajstić information content (AvgIpc) is 2.99. The van der Waals surface area contributed by atoms with Crippen molar-refractivity contribution in [1.29, 1.82) is 0 Å². The maximum atomic E-state index is 4.36. The Labute approximate surface area is 107 Å². The molecule has 3 rings (SSSR count). The zero-order chi connectivity index (χ0) is 12.6. The van der Waals surface area contributed by atoms with Gasteiger partial charge in [-0.15, -0.1) is 0 Å². The van der Waals surface area contributed by atoms with Crippen LogP contribution in [0.15, 0.2) is 30.9 Å². The van der Waals surface area contributed by atoms with E-state index in [4.69, 9.17) is 0 Å². The second-order valence-corrected chi connectivity index (χ2v) is 5.29. The van der Waals surface area contributed by atoms with E-state index in [1.165, 1.54) is 5.69 Å². The summed E-state index contributed by atoms with van der Waals surface area (Å²) in [6, 6.07) is 4.13. The molecule has 0 aromatic carbocycles. The maximum Gasteiger partial charge on any atom is 0.0994 e. The first-order valence-corrected chi connectivity index (χ1v) is 6.36. The number of nitrogens with one attached hydrogen (secondary N) is 1. The normalized spacial score (nSPS) is 23.4. The summed E-state index contributed by atoms with van der Waals surface area (Å²) in [7, 11) is 0. The molecule has 94 valence electrons. The third-order valence-corrected chi connectivity index (χ3v) is 3.80. The van der Waals surface area contributed by atoms with E-state index in [-0.39, 0.29) is 5.41 Å². The molecule has 3 heterocycles. The molecular formula is C14H18N4. The highest BCUT2D eigenvalue weighted by Crippen LogP contribution is 2.31. The molecule has 0 radical (unpaired) electrons. The van der Waals surface area contributed by atoms with Gasteiger partial charge in [0.1, 0.15) is 0 Å². The predicted octanol–water partition coefficient (Wildman–Crippen LogP) is 1.83. The zero-order valence-electron chi connectivity index (χ0n) is 10.8. The Kier molecular flexibility index (Phi) is 2.67. The molecule has 18 heavy (non-hydrogen) atoms. The Balaban J connectivity index is 2.03. The minimum atomic E-state index is 0.168. The molecule has 4 heteroatoms. The first kappa shape index (κ1) is 11.4. The molecule has 1 atom stereocenters. The summed E-state index contributed by atoms with van der Waals surface area (Å²) in [4.78, 5) is 8.68. The van der Waals surface area contributed by atoms with Crippen molar-refractivity contribution < 1.29 is 0 Å². The van der Waals surface area contributed by atoms with E-state index in [1.54, 1.807) is 0 Å². The maximum absolute atomic E-state index is 4.36. The predicted molar refractivity (Wildman–Crippen MR) is 70.9 cm³/mol. The lowest BCUT2D eigenvalue weighted by atomic mass is 9.86. The fraction of sp³-hybridized carbons (Fsp3) is 0.429. The van der Waals surface area contributed by atoms with E-state index < -0.39 is 0 Å². The van der Waals surface area contributed by atoms with Crippen LogP contribution >= 0.6 is 0 Å².